The van der Waals surface area contributed by atoms with E-state index in [1.165, 1.54) is 17.2 Å². The smallest absolute Gasteiger partial charge is 0.289 e. The van der Waals surface area contributed by atoms with Crippen molar-refractivity contribution < 1.29 is 29.1 Å². The third kappa shape index (κ3) is 4.75. The Labute approximate surface area is 161 Å². The molecule has 0 aliphatic carbocycles. The molecule has 1 aromatic heterocycles. The first kappa shape index (κ1) is 20.0. The van der Waals surface area contributed by atoms with Crippen LogP contribution in [0.25, 0.3) is 0 Å². The number of hydrogen-bond donors (Lipinski definition) is 3. The number of hydrogen-bond acceptors (Lipinski definition) is 7. The second kappa shape index (κ2) is 8.96. The first-order chi connectivity index (χ1) is 13.5. The van der Waals surface area contributed by atoms with Gasteiger partial charge in [-0.25, -0.2) is 0 Å². The molecule has 0 spiro atoms. The van der Waals surface area contributed by atoms with Gasteiger partial charge in [-0.15, -0.1) is 0 Å². The summed E-state index contributed by atoms with van der Waals surface area (Å²) in [5.41, 5.74) is 0.985. The molecule has 3 rings (SSSR count). The lowest BCUT2D eigenvalue weighted by Gasteiger charge is -2.21. The van der Waals surface area contributed by atoms with Crippen LogP contribution in [-0.2, 0) is 16.1 Å². The van der Waals surface area contributed by atoms with Gasteiger partial charge in [0.2, 0.25) is 11.7 Å². The van der Waals surface area contributed by atoms with E-state index in [-0.39, 0.29) is 24.6 Å². The predicted octanol–water partition coefficient (Wildman–Crippen LogP) is -0.0577. The van der Waals surface area contributed by atoms with Gasteiger partial charge in [-0.2, -0.15) is 0 Å². The number of aliphatic hydroxyl groups excluding tert-OH is 2. The van der Waals surface area contributed by atoms with Gasteiger partial charge < -0.3 is 29.7 Å². The summed E-state index contributed by atoms with van der Waals surface area (Å²) in [6.45, 7) is 0.393. The van der Waals surface area contributed by atoms with Crippen molar-refractivity contribution in [2.24, 2.45) is 0 Å². The Hall–Kier alpha value is -2.75. The van der Waals surface area contributed by atoms with Crippen molar-refractivity contribution in [3.8, 4) is 0 Å². The number of aromatic nitrogens is 1. The summed E-state index contributed by atoms with van der Waals surface area (Å²) in [6, 6.07) is 10.9. The minimum Gasteiger partial charge on any atom is -0.388 e. The number of nitrogens with zero attached hydrogens (tertiary/aromatic N) is 2. The van der Waals surface area contributed by atoms with Crippen LogP contribution in [0.2, 0.25) is 0 Å². The minimum absolute atomic E-state index is 0.0299. The Kier molecular flexibility index (Phi) is 6.40. The number of carbonyl (C=O) groups excluding carboxylic acids is 2. The van der Waals surface area contributed by atoms with E-state index < -0.39 is 30.3 Å². The molecule has 3 N–H and O–H groups in total. The molecule has 2 amide bonds. The van der Waals surface area contributed by atoms with Crippen molar-refractivity contribution in [3.63, 3.8) is 0 Å². The Bertz CT molecular complexity index is 782. The molecular formula is C19H23N3O6. The first-order valence-corrected chi connectivity index (χ1v) is 8.94. The first-order valence-electron chi connectivity index (χ1n) is 8.94. The summed E-state index contributed by atoms with van der Waals surface area (Å²) in [4.78, 5) is 25.9. The van der Waals surface area contributed by atoms with Crippen molar-refractivity contribution >= 4 is 11.8 Å². The number of aliphatic hydroxyl groups is 2. The molecule has 1 aromatic carbocycles. The van der Waals surface area contributed by atoms with Crippen LogP contribution < -0.4 is 5.32 Å². The van der Waals surface area contributed by atoms with Crippen LogP contribution in [0.3, 0.4) is 0 Å². The van der Waals surface area contributed by atoms with Crippen LogP contribution in [-0.4, -0.2) is 70.1 Å². The molecule has 2 heterocycles. The van der Waals surface area contributed by atoms with E-state index in [0.29, 0.717) is 6.54 Å². The van der Waals surface area contributed by atoms with Gasteiger partial charge in [-0.3, -0.25) is 9.59 Å². The maximum Gasteiger partial charge on any atom is 0.289 e. The van der Waals surface area contributed by atoms with E-state index >= 15 is 0 Å². The van der Waals surface area contributed by atoms with Crippen LogP contribution in [0, 0.1) is 0 Å². The largest absolute Gasteiger partial charge is 0.388 e. The van der Waals surface area contributed by atoms with Crippen LogP contribution in [0.4, 0.5) is 0 Å². The second-order valence-corrected chi connectivity index (χ2v) is 6.72. The molecule has 1 fully saturated rings. The third-order valence-corrected chi connectivity index (χ3v) is 4.65. The molecule has 9 heteroatoms. The molecule has 9 nitrogen and oxygen atoms in total. The lowest BCUT2D eigenvalue weighted by Crippen LogP contribution is -2.40. The summed E-state index contributed by atoms with van der Waals surface area (Å²) in [7, 11) is 1.67. The van der Waals surface area contributed by atoms with Crippen LogP contribution in [0.5, 0.6) is 0 Å². The zero-order valence-electron chi connectivity index (χ0n) is 15.4. The van der Waals surface area contributed by atoms with Crippen LogP contribution in [0.15, 0.2) is 47.1 Å². The summed E-state index contributed by atoms with van der Waals surface area (Å²) in [6.07, 6.45) is -2.86. The van der Waals surface area contributed by atoms with Crippen molar-refractivity contribution in [1.29, 1.82) is 0 Å². The topological polar surface area (TPSA) is 125 Å². The fourth-order valence-electron chi connectivity index (χ4n) is 3.05. The molecule has 0 saturated carbocycles. The Morgan fingerprint density at radius 1 is 1.14 bits per heavy atom. The number of rotatable bonds is 7. The highest BCUT2D eigenvalue weighted by atomic mass is 16.5. The number of carbonyl (C=O) groups is 2. The summed E-state index contributed by atoms with van der Waals surface area (Å²) in [5.74, 6) is -0.696. The Morgan fingerprint density at radius 2 is 1.86 bits per heavy atom. The van der Waals surface area contributed by atoms with Gasteiger partial charge in [0.1, 0.15) is 18.3 Å². The Morgan fingerprint density at radius 3 is 2.54 bits per heavy atom. The fraction of sp³-hybridized carbons (Fsp3) is 0.421. The minimum atomic E-state index is -1.22. The molecule has 1 aliphatic rings. The van der Waals surface area contributed by atoms with Crippen molar-refractivity contribution in [2.45, 2.75) is 37.4 Å². The van der Waals surface area contributed by atoms with E-state index in [4.69, 9.17) is 9.26 Å². The van der Waals surface area contributed by atoms with Gasteiger partial charge in [-0.05, 0) is 5.56 Å². The monoisotopic (exact) mass is 389 g/mol. The molecule has 0 radical (unpaired) electrons. The lowest BCUT2D eigenvalue weighted by atomic mass is 10.0. The quantitative estimate of drug-likeness (QED) is 0.606. The van der Waals surface area contributed by atoms with E-state index in [1.807, 2.05) is 30.3 Å². The molecule has 1 aliphatic heterocycles. The molecule has 0 bridgehead atoms. The number of amides is 2. The van der Waals surface area contributed by atoms with Crippen molar-refractivity contribution in [3.05, 3.63) is 53.9 Å². The highest BCUT2D eigenvalue weighted by molar-refractivity contribution is 5.91. The highest BCUT2D eigenvalue weighted by Crippen LogP contribution is 2.24. The summed E-state index contributed by atoms with van der Waals surface area (Å²) < 4.78 is 10.4. The maximum absolute atomic E-state index is 12.4. The summed E-state index contributed by atoms with van der Waals surface area (Å²) in [5, 5.41) is 26.4. The van der Waals surface area contributed by atoms with Gasteiger partial charge in [0.05, 0.1) is 18.7 Å². The van der Waals surface area contributed by atoms with Gasteiger partial charge in [0.25, 0.3) is 5.91 Å². The molecule has 4 atom stereocenters. The molecule has 1 saturated heterocycles. The third-order valence-electron chi connectivity index (χ3n) is 4.65. The fourth-order valence-corrected chi connectivity index (χ4v) is 3.05. The van der Waals surface area contributed by atoms with E-state index in [1.54, 1.807) is 7.05 Å². The maximum atomic E-state index is 12.4. The van der Waals surface area contributed by atoms with Crippen molar-refractivity contribution in [2.75, 3.05) is 13.6 Å². The molecule has 28 heavy (non-hydrogen) atoms. The normalized spacial score (nSPS) is 24.1. The highest BCUT2D eigenvalue weighted by Gasteiger charge is 2.43. The number of ether oxygens (including phenoxy) is 1. The average Bonchev–Trinajstić information content (AvgIpc) is 3.32. The SMILES string of the molecule is CN(Cc1ccccc1)C(=O)C[C@H]1O[C@H](CNC(=O)c2ccno2)[C@@H](O)[C@H]1O. The van der Waals surface area contributed by atoms with E-state index in [9.17, 15) is 19.8 Å². The number of benzene rings is 1. The summed E-state index contributed by atoms with van der Waals surface area (Å²) >= 11 is 0. The molecule has 0 unspecified atom stereocenters. The Balaban J connectivity index is 1.50. The van der Waals surface area contributed by atoms with E-state index in [0.717, 1.165) is 5.56 Å². The zero-order valence-corrected chi connectivity index (χ0v) is 15.4. The second-order valence-electron chi connectivity index (χ2n) is 6.72. The van der Waals surface area contributed by atoms with Gasteiger partial charge in [0, 0.05) is 26.2 Å². The zero-order chi connectivity index (χ0) is 20.1. The van der Waals surface area contributed by atoms with Crippen LogP contribution >= 0.6 is 0 Å². The van der Waals surface area contributed by atoms with Crippen molar-refractivity contribution in [1.82, 2.24) is 15.4 Å². The molecule has 150 valence electrons. The predicted molar refractivity (Wildman–Crippen MR) is 97.0 cm³/mol. The van der Waals surface area contributed by atoms with Gasteiger partial charge >= 0.3 is 0 Å². The molecule has 2 aromatic rings. The standard InChI is InChI=1S/C19H23N3O6/c1-22(11-12-5-3-2-4-6-12)16(23)9-14-17(24)18(25)15(27-14)10-20-19(26)13-7-8-21-28-13/h2-8,14-15,17-18,24-25H,9-11H2,1H3,(H,20,26)/t14-,15-,17+,18-/m1/s1. The number of nitrogens with one attached hydrogen (secondary N) is 1. The lowest BCUT2D eigenvalue weighted by molar-refractivity contribution is -0.134. The van der Waals surface area contributed by atoms with Gasteiger partial charge in [0.15, 0.2) is 0 Å². The van der Waals surface area contributed by atoms with Gasteiger partial charge in [-0.1, -0.05) is 35.5 Å². The van der Waals surface area contributed by atoms with Crippen LogP contribution in [0.1, 0.15) is 22.5 Å². The molecular weight excluding hydrogens is 366 g/mol. The average molecular weight is 389 g/mol. The van der Waals surface area contributed by atoms with E-state index in [2.05, 4.69) is 10.5 Å².